The second-order valence-electron chi connectivity index (χ2n) is 7.13. The molecular weight excluding hydrogens is 375 g/mol. The molecule has 156 valence electrons. The van der Waals surface area contributed by atoms with Crippen LogP contribution in [0.1, 0.15) is 17.3 Å². The minimum atomic E-state index is -0.674. The molecule has 7 heteroatoms. The van der Waals surface area contributed by atoms with Crippen molar-refractivity contribution in [3.05, 3.63) is 53.8 Å². The summed E-state index contributed by atoms with van der Waals surface area (Å²) in [6.45, 7) is 4.96. The summed E-state index contributed by atoms with van der Waals surface area (Å²) in [5.41, 5.74) is 1.17. The van der Waals surface area contributed by atoms with Crippen molar-refractivity contribution in [1.82, 2.24) is 4.90 Å². The fourth-order valence-electron chi connectivity index (χ4n) is 3.42. The fourth-order valence-corrected chi connectivity index (χ4v) is 3.42. The molecule has 2 aromatic carbocycles. The molecule has 0 unspecified atom stereocenters. The highest BCUT2D eigenvalue weighted by molar-refractivity contribution is 5.94. The van der Waals surface area contributed by atoms with Gasteiger partial charge in [0.2, 0.25) is 0 Å². The highest BCUT2D eigenvalue weighted by Crippen LogP contribution is 2.28. The van der Waals surface area contributed by atoms with Gasteiger partial charge in [0.15, 0.2) is 17.3 Å². The molecule has 0 spiro atoms. The van der Waals surface area contributed by atoms with Gasteiger partial charge in [-0.1, -0.05) is 12.1 Å². The van der Waals surface area contributed by atoms with E-state index in [1.165, 1.54) is 20.1 Å². The second-order valence-corrected chi connectivity index (χ2v) is 7.13. The summed E-state index contributed by atoms with van der Waals surface area (Å²) >= 11 is 0. The van der Waals surface area contributed by atoms with E-state index < -0.39 is 6.10 Å². The third kappa shape index (κ3) is 5.46. The Labute approximate surface area is 170 Å². The molecule has 0 amide bonds. The van der Waals surface area contributed by atoms with Gasteiger partial charge in [0, 0.05) is 38.3 Å². The molecule has 0 radical (unpaired) electrons. The first-order valence-corrected chi connectivity index (χ1v) is 9.69. The largest absolute Gasteiger partial charge is 0.493 e. The van der Waals surface area contributed by atoms with Crippen LogP contribution in [-0.4, -0.2) is 68.3 Å². The van der Waals surface area contributed by atoms with Crippen LogP contribution in [0.4, 0.5) is 10.1 Å². The molecule has 0 aromatic heterocycles. The number of nitrogens with zero attached hydrogens (tertiary/aromatic N) is 2. The predicted octanol–water partition coefficient (Wildman–Crippen LogP) is 2.60. The Kier molecular flexibility index (Phi) is 7.06. The van der Waals surface area contributed by atoms with Crippen molar-refractivity contribution in [2.45, 2.75) is 13.0 Å². The Balaban J connectivity index is 1.48. The zero-order valence-electron chi connectivity index (χ0n) is 16.8. The van der Waals surface area contributed by atoms with Crippen LogP contribution >= 0.6 is 0 Å². The molecular formula is C22H27FN2O4. The molecule has 0 saturated carbocycles. The Hall–Kier alpha value is -2.64. The van der Waals surface area contributed by atoms with E-state index in [-0.39, 0.29) is 18.2 Å². The number of ketones is 1. The third-order valence-corrected chi connectivity index (χ3v) is 5.04. The molecule has 1 aliphatic rings. The molecule has 1 atom stereocenters. The lowest BCUT2D eigenvalue weighted by molar-refractivity contribution is 0.0652. The number of anilines is 1. The van der Waals surface area contributed by atoms with Crippen molar-refractivity contribution in [1.29, 1.82) is 0 Å². The third-order valence-electron chi connectivity index (χ3n) is 5.04. The summed E-state index contributed by atoms with van der Waals surface area (Å²) in [5, 5.41) is 10.4. The van der Waals surface area contributed by atoms with Crippen molar-refractivity contribution in [2.24, 2.45) is 0 Å². The Morgan fingerprint density at radius 1 is 1.14 bits per heavy atom. The quantitative estimate of drug-likeness (QED) is 0.685. The second kappa shape index (κ2) is 9.71. The van der Waals surface area contributed by atoms with Gasteiger partial charge in [-0.15, -0.1) is 0 Å². The van der Waals surface area contributed by atoms with E-state index in [1.54, 1.807) is 30.3 Å². The van der Waals surface area contributed by atoms with Crippen LogP contribution < -0.4 is 14.4 Å². The normalized spacial score (nSPS) is 15.8. The topological polar surface area (TPSA) is 62.2 Å². The average Bonchev–Trinajstić information content (AvgIpc) is 2.73. The summed E-state index contributed by atoms with van der Waals surface area (Å²) < 4.78 is 24.9. The molecule has 0 aliphatic carbocycles. The van der Waals surface area contributed by atoms with E-state index in [9.17, 15) is 14.3 Å². The number of carbonyl (C=O) groups excluding carboxylic acids is 1. The molecule has 6 nitrogen and oxygen atoms in total. The maximum atomic E-state index is 13.9. The number of benzene rings is 2. The van der Waals surface area contributed by atoms with Gasteiger partial charge < -0.3 is 19.5 Å². The predicted molar refractivity (Wildman–Crippen MR) is 110 cm³/mol. The number of aliphatic hydroxyl groups excluding tert-OH is 1. The van der Waals surface area contributed by atoms with Gasteiger partial charge in [0.25, 0.3) is 0 Å². The van der Waals surface area contributed by atoms with Gasteiger partial charge in [-0.25, -0.2) is 4.39 Å². The zero-order valence-corrected chi connectivity index (χ0v) is 16.8. The van der Waals surface area contributed by atoms with Crippen LogP contribution in [0, 0.1) is 5.82 Å². The maximum absolute atomic E-state index is 13.9. The summed E-state index contributed by atoms with van der Waals surface area (Å²) in [5.74, 6) is 0.688. The first-order valence-electron chi connectivity index (χ1n) is 9.69. The van der Waals surface area contributed by atoms with E-state index in [1.807, 2.05) is 11.0 Å². The summed E-state index contributed by atoms with van der Waals surface area (Å²) in [7, 11) is 1.51. The first kappa shape index (κ1) is 21.1. The number of methoxy groups -OCH3 is 1. The van der Waals surface area contributed by atoms with Crippen LogP contribution in [0.15, 0.2) is 42.5 Å². The lowest BCUT2D eigenvalue weighted by Crippen LogP contribution is -2.49. The van der Waals surface area contributed by atoms with Gasteiger partial charge in [0.05, 0.1) is 12.8 Å². The van der Waals surface area contributed by atoms with Gasteiger partial charge in [-0.05, 0) is 37.3 Å². The van der Waals surface area contributed by atoms with Crippen LogP contribution in [0.2, 0.25) is 0 Å². The highest BCUT2D eigenvalue weighted by atomic mass is 19.1. The number of ether oxygens (including phenoxy) is 2. The van der Waals surface area contributed by atoms with Crippen molar-refractivity contribution in [3.63, 3.8) is 0 Å². The van der Waals surface area contributed by atoms with Crippen molar-refractivity contribution < 1.29 is 23.8 Å². The zero-order chi connectivity index (χ0) is 20.8. The Morgan fingerprint density at radius 3 is 2.52 bits per heavy atom. The minimum absolute atomic E-state index is 0.0515. The van der Waals surface area contributed by atoms with Crippen LogP contribution in [0.5, 0.6) is 11.5 Å². The number of halogens is 1. The molecule has 1 N–H and O–H groups in total. The van der Waals surface area contributed by atoms with Gasteiger partial charge in [-0.2, -0.15) is 0 Å². The number of rotatable bonds is 8. The molecule has 3 rings (SSSR count). The number of piperazine rings is 1. The van der Waals surface area contributed by atoms with Crippen molar-refractivity contribution in [3.8, 4) is 11.5 Å². The SMILES string of the molecule is COc1cc(C(C)=O)ccc1OC[C@@H](O)CN1CCN(c2ccccc2F)CC1. The van der Waals surface area contributed by atoms with Gasteiger partial charge >= 0.3 is 0 Å². The van der Waals surface area contributed by atoms with E-state index in [0.29, 0.717) is 42.4 Å². The molecule has 0 bridgehead atoms. The number of β-amino-alcohol motifs (C(OH)–C–C–N with tert-alkyl or cyclic N) is 1. The Morgan fingerprint density at radius 2 is 1.86 bits per heavy atom. The smallest absolute Gasteiger partial charge is 0.161 e. The molecule has 29 heavy (non-hydrogen) atoms. The van der Waals surface area contributed by atoms with E-state index in [2.05, 4.69) is 4.90 Å². The minimum Gasteiger partial charge on any atom is -0.493 e. The van der Waals surface area contributed by atoms with E-state index >= 15 is 0 Å². The van der Waals surface area contributed by atoms with Gasteiger partial charge in [-0.3, -0.25) is 9.69 Å². The van der Waals surface area contributed by atoms with Crippen LogP contribution in [0.25, 0.3) is 0 Å². The van der Waals surface area contributed by atoms with Crippen molar-refractivity contribution in [2.75, 3.05) is 51.3 Å². The number of hydrogen-bond acceptors (Lipinski definition) is 6. The molecule has 1 aliphatic heterocycles. The van der Waals surface area contributed by atoms with Crippen LogP contribution in [-0.2, 0) is 0 Å². The molecule has 2 aromatic rings. The standard InChI is InChI=1S/C22H27FN2O4/c1-16(26)17-7-8-21(22(13-17)28-2)29-15-18(27)14-24-9-11-25(12-10-24)20-6-4-3-5-19(20)23/h3-8,13,18,27H,9-12,14-15H2,1-2H3/t18-/m0/s1. The summed E-state index contributed by atoms with van der Waals surface area (Å²) in [6, 6.07) is 11.8. The molecule has 1 saturated heterocycles. The summed E-state index contributed by atoms with van der Waals surface area (Å²) in [4.78, 5) is 15.6. The lowest BCUT2D eigenvalue weighted by Gasteiger charge is -2.36. The van der Waals surface area contributed by atoms with E-state index in [4.69, 9.17) is 9.47 Å². The van der Waals surface area contributed by atoms with Crippen LogP contribution in [0.3, 0.4) is 0 Å². The number of aliphatic hydroxyl groups is 1. The summed E-state index contributed by atoms with van der Waals surface area (Å²) in [6.07, 6.45) is -0.674. The van der Waals surface area contributed by atoms with Gasteiger partial charge in [0.1, 0.15) is 18.5 Å². The highest BCUT2D eigenvalue weighted by Gasteiger charge is 2.21. The molecule has 1 heterocycles. The number of carbonyl (C=O) groups is 1. The van der Waals surface area contributed by atoms with E-state index in [0.717, 1.165) is 13.1 Å². The average molecular weight is 402 g/mol. The number of Topliss-reactive ketones (excluding diaryl/α,β-unsaturated/α-hetero) is 1. The van der Waals surface area contributed by atoms with Crippen molar-refractivity contribution >= 4 is 11.5 Å². The monoisotopic (exact) mass is 402 g/mol. The number of para-hydroxylation sites is 1. The molecule has 1 fully saturated rings. The number of hydrogen-bond donors (Lipinski definition) is 1. The lowest BCUT2D eigenvalue weighted by atomic mass is 10.1. The Bertz CT molecular complexity index is 837. The maximum Gasteiger partial charge on any atom is 0.161 e. The first-order chi connectivity index (χ1) is 14.0. The fraction of sp³-hybridized carbons (Fsp3) is 0.409.